The molecule has 0 aliphatic rings. The zero-order chi connectivity index (χ0) is 9.23. The van der Waals surface area contributed by atoms with Crippen LogP contribution >= 0.6 is 24.0 Å². The van der Waals surface area contributed by atoms with Crippen molar-refractivity contribution in [2.75, 3.05) is 6.54 Å². The Balaban J connectivity index is -0.000000218. The molecule has 1 nitrogen and oxygen atoms in total. The maximum Gasteiger partial charge on any atom is 1.00 e. The number of rotatable bonds is 2. The first-order valence-corrected chi connectivity index (χ1v) is 20.4. The van der Waals surface area contributed by atoms with Crippen LogP contribution in [0, 0.1) is 0 Å². The van der Waals surface area contributed by atoms with Gasteiger partial charge in [-0.25, -0.2) is 0 Å². The first kappa shape index (κ1) is 18.5. The third-order valence-electron chi connectivity index (χ3n) is 1.28. The third kappa shape index (κ3) is 13.0. The Morgan fingerprint density at radius 1 is 1.23 bits per heavy atom. The molecule has 0 bridgehead atoms. The van der Waals surface area contributed by atoms with Crippen molar-refractivity contribution in [1.29, 1.82) is 0 Å². The van der Waals surface area contributed by atoms with E-state index in [9.17, 15) is 0 Å². The molecule has 0 unspecified atom stereocenters. The largest absolute Gasteiger partial charge is 1.00 e. The molecule has 0 amide bonds. The average Bonchev–Trinajstić information content (AvgIpc) is 2.08. The molecule has 1 aromatic rings. The van der Waals surface area contributed by atoms with E-state index in [1.165, 1.54) is 5.56 Å². The van der Waals surface area contributed by atoms with E-state index in [2.05, 4.69) is 36.1 Å². The molecule has 0 aliphatic carbocycles. The summed E-state index contributed by atoms with van der Waals surface area (Å²) in [5.74, 6) is 0. The molecular weight excluding hydrogens is 610 g/mol. The fourth-order valence-electron chi connectivity index (χ4n) is 0.811. The van der Waals surface area contributed by atoms with E-state index in [0.717, 1.165) is 13.0 Å². The second-order valence-corrected chi connectivity index (χ2v) is 18.9. The molecule has 0 aromatic heterocycles. The average molecular weight is 622 g/mol. The summed E-state index contributed by atoms with van der Waals surface area (Å²) >= 11 is 6.22. The van der Waals surface area contributed by atoms with Gasteiger partial charge >= 0.3 is 112 Å². The molecule has 68 valence electrons. The minimum atomic E-state index is -0.292. The molecule has 0 saturated heterocycles. The van der Waals surface area contributed by atoms with Crippen molar-refractivity contribution in [3.05, 3.63) is 35.9 Å². The molecule has 2 radical (unpaired) electrons. The molecule has 0 heterocycles. The van der Waals surface area contributed by atoms with E-state index in [4.69, 9.17) is 5.73 Å². The van der Waals surface area contributed by atoms with Gasteiger partial charge in [0.2, 0.25) is 0 Å². The molecule has 0 spiro atoms. The molecule has 0 fully saturated rings. The van der Waals surface area contributed by atoms with Crippen molar-refractivity contribution in [3.8, 4) is 0 Å². The van der Waals surface area contributed by atoms with Crippen LogP contribution in [0.25, 0.3) is 0 Å². The van der Waals surface area contributed by atoms with E-state index < -0.39 is 0 Å². The van der Waals surface area contributed by atoms with Gasteiger partial charge < -0.3 is 7.16 Å². The van der Waals surface area contributed by atoms with Crippen LogP contribution in [0.5, 0.6) is 0 Å². The van der Waals surface area contributed by atoms with Gasteiger partial charge in [-0.05, 0) is 18.5 Å². The molecule has 13 heavy (non-hydrogen) atoms. The SMILES string of the molecule is NCCc1ccccc1.[Br][Pb][Br].[Cs+].[H-]. The molecule has 2 N–H and O–H groups in total. The van der Waals surface area contributed by atoms with Gasteiger partial charge in [0.1, 0.15) is 0 Å². The van der Waals surface area contributed by atoms with Gasteiger partial charge in [-0.1, -0.05) is 30.3 Å². The van der Waals surface area contributed by atoms with Gasteiger partial charge in [0.05, 0.1) is 0 Å². The monoisotopic (exact) mass is 621 g/mol. The number of nitrogens with two attached hydrogens (primary N) is 1. The number of hydrogen-bond donors (Lipinski definition) is 1. The predicted molar refractivity (Wildman–Crippen MR) is 63.9 cm³/mol. The van der Waals surface area contributed by atoms with Crippen molar-refractivity contribution >= 4 is 43.4 Å². The first-order valence-electron chi connectivity index (χ1n) is 3.55. The van der Waals surface area contributed by atoms with Crippen molar-refractivity contribution in [1.82, 2.24) is 0 Å². The first-order chi connectivity index (χ1) is 5.85. The molecular formula is C8H12Br2CsNPb. The maximum atomic E-state index is 5.36. The molecule has 1 aromatic carbocycles. The van der Waals surface area contributed by atoms with Gasteiger partial charge in [-0.2, -0.15) is 0 Å². The Kier molecular flexibility index (Phi) is 21.5. The Hall–Kier alpha value is 3.11. The van der Waals surface area contributed by atoms with Crippen molar-refractivity contribution in [2.45, 2.75) is 6.42 Å². The van der Waals surface area contributed by atoms with Gasteiger partial charge in [-0.3, -0.25) is 0 Å². The van der Waals surface area contributed by atoms with Crippen LogP contribution in [-0.4, -0.2) is 26.0 Å². The Bertz CT molecular complexity index is 192. The standard InChI is InChI=1S/C8H11N.2BrH.Cs.Pb.H/c9-7-6-8-4-2-1-3-5-8;;;;;/h1-5H,6-7,9H2;2*1H;;;/q;;;+1;+2;-1/p-2. The van der Waals surface area contributed by atoms with Crippen LogP contribution in [-0.2, 0) is 6.42 Å². The second-order valence-electron chi connectivity index (χ2n) is 2.10. The normalized spacial score (nSPS) is 7.92. The Morgan fingerprint density at radius 2 is 1.69 bits per heavy atom. The maximum absolute atomic E-state index is 5.36. The van der Waals surface area contributed by atoms with Crippen LogP contribution < -0.4 is 74.6 Å². The van der Waals surface area contributed by atoms with Crippen LogP contribution in [0.1, 0.15) is 6.99 Å². The van der Waals surface area contributed by atoms with Crippen LogP contribution in [0.2, 0.25) is 0 Å². The quantitative estimate of drug-likeness (QED) is 0.448. The summed E-state index contributed by atoms with van der Waals surface area (Å²) in [4.78, 5) is 0. The second kappa shape index (κ2) is 15.1. The Morgan fingerprint density at radius 3 is 2.08 bits per heavy atom. The summed E-state index contributed by atoms with van der Waals surface area (Å²) in [6.07, 6.45) is 0.987. The Labute approximate surface area is 164 Å². The summed E-state index contributed by atoms with van der Waals surface area (Å²) in [7, 11) is 0. The van der Waals surface area contributed by atoms with E-state index in [0.29, 0.717) is 0 Å². The van der Waals surface area contributed by atoms with Gasteiger partial charge in [0.25, 0.3) is 0 Å². The van der Waals surface area contributed by atoms with Gasteiger partial charge in [0.15, 0.2) is 0 Å². The topological polar surface area (TPSA) is 26.0 Å². The molecule has 5 heteroatoms. The summed E-state index contributed by atoms with van der Waals surface area (Å²) in [6, 6.07) is 10.3. The smallest absolute Gasteiger partial charge is 1.00 e. The number of halogens is 2. The zero-order valence-corrected chi connectivity index (χ0v) is 21.0. The van der Waals surface area contributed by atoms with E-state index in [1.54, 1.807) is 0 Å². The molecule has 0 aliphatic heterocycles. The zero-order valence-electron chi connectivity index (χ0n) is 8.63. The fraction of sp³-hybridized carbons (Fsp3) is 0.250. The minimum Gasteiger partial charge on any atom is -1.00 e. The summed E-state index contributed by atoms with van der Waals surface area (Å²) in [6.45, 7) is 0.740. The van der Waals surface area contributed by atoms with Crippen molar-refractivity contribution < 1.29 is 70.3 Å². The van der Waals surface area contributed by atoms with Gasteiger partial charge in [0, 0.05) is 0 Å². The van der Waals surface area contributed by atoms with E-state index in [1.807, 2.05) is 18.2 Å². The molecule has 0 saturated carbocycles. The summed E-state index contributed by atoms with van der Waals surface area (Å²) in [5.41, 5.74) is 6.68. The van der Waals surface area contributed by atoms with Crippen LogP contribution in [0.3, 0.4) is 0 Å². The van der Waals surface area contributed by atoms with Crippen LogP contribution in [0.15, 0.2) is 30.3 Å². The third-order valence-corrected chi connectivity index (χ3v) is 1.28. The van der Waals surface area contributed by atoms with Crippen molar-refractivity contribution in [3.63, 3.8) is 0 Å². The van der Waals surface area contributed by atoms with Crippen molar-refractivity contribution in [2.24, 2.45) is 5.73 Å². The predicted octanol–water partition coefficient (Wildman–Crippen LogP) is -0.385. The van der Waals surface area contributed by atoms with E-state index >= 15 is 0 Å². The molecule has 0 atom stereocenters. The number of hydrogen-bond acceptors (Lipinski definition) is 1. The summed E-state index contributed by atoms with van der Waals surface area (Å²) in [5, 5.41) is 0. The van der Waals surface area contributed by atoms with E-state index in [-0.39, 0.29) is 89.7 Å². The summed E-state index contributed by atoms with van der Waals surface area (Å²) < 4.78 is 0. The fourth-order valence-corrected chi connectivity index (χ4v) is 0.811. The van der Waals surface area contributed by atoms with Crippen LogP contribution in [0.4, 0.5) is 0 Å². The molecule has 1 rings (SSSR count). The van der Waals surface area contributed by atoms with Gasteiger partial charge in [-0.15, -0.1) is 0 Å². The minimum absolute atomic E-state index is 0. The number of benzene rings is 1.